The number of urea groups is 1. The van der Waals surface area contributed by atoms with Crippen LogP contribution in [0.25, 0.3) is 11.4 Å². The summed E-state index contributed by atoms with van der Waals surface area (Å²) >= 11 is 0. The molecule has 0 bridgehead atoms. The number of hydrogen-bond acceptors (Lipinski definition) is 4. The van der Waals surface area contributed by atoms with Crippen LogP contribution in [0.4, 0.5) is 14.9 Å². The number of rotatable bonds is 6. The fourth-order valence-electron chi connectivity index (χ4n) is 4.08. The second kappa shape index (κ2) is 9.08. The second-order valence-electron chi connectivity index (χ2n) is 8.67. The molecule has 0 unspecified atom stereocenters. The molecule has 2 heterocycles. The third-order valence-corrected chi connectivity index (χ3v) is 6.11. The van der Waals surface area contributed by atoms with Crippen molar-refractivity contribution in [3.05, 3.63) is 65.7 Å². The van der Waals surface area contributed by atoms with Crippen LogP contribution in [0.2, 0.25) is 0 Å². The van der Waals surface area contributed by atoms with Crippen LogP contribution in [-0.4, -0.2) is 45.2 Å². The maximum absolute atomic E-state index is 13.1. The standard InChI is InChI=1S/C24H27FN6O/c25-19-7-1-16(2-8-19)15-31-13-11-21(12-14-31)27-24(32)26-20-9-5-18(6-10-20)23-28-22(29-30-23)17-3-4-17/h1-2,5-10,17,21H,3-4,11-15H2,(H2,26,27,32)(H,28,29,30). The fourth-order valence-corrected chi connectivity index (χ4v) is 4.08. The predicted octanol–water partition coefficient (Wildman–Crippen LogP) is 4.27. The van der Waals surface area contributed by atoms with Crippen molar-refractivity contribution in [1.29, 1.82) is 0 Å². The first-order chi connectivity index (χ1) is 15.6. The van der Waals surface area contributed by atoms with Gasteiger partial charge in [0, 0.05) is 42.8 Å². The molecule has 5 rings (SSSR count). The Morgan fingerprint density at radius 1 is 1.03 bits per heavy atom. The topological polar surface area (TPSA) is 85.9 Å². The molecular weight excluding hydrogens is 407 g/mol. The molecular formula is C24H27FN6O. The lowest BCUT2D eigenvalue weighted by Gasteiger charge is -2.32. The second-order valence-corrected chi connectivity index (χ2v) is 8.67. The number of benzene rings is 2. The lowest BCUT2D eigenvalue weighted by Crippen LogP contribution is -2.45. The Morgan fingerprint density at radius 2 is 1.75 bits per heavy atom. The van der Waals surface area contributed by atoms with Crippen molar-refractivity contribution in [1.82, 2.24) is 25.4 Å². The van der Waals surface area contributed by atoms with Gasteiger partial charge in [-0.05, 0) is 67.6 Å². The molecule has 2 aromatic carbocycles. The van der Waals surface area contributed by atoms with Crippen molar-refractivity contribution in [2.24, 2.45) is 0 Å². The van der Waals surface area contributed by atoms with Gasteiger partial charge in [-0.25, -0.2) is 14.2 Å². The Kier molecular flexibility index (Phi) is 5.85. The summed E-state index contributed by atoms with van der Waals surface area (Å²) in [5, 5.41) is 13.3. The van der Waals surface area contributed by atoms with E-state index in [0.29, 0.717) is 11.7 Å². The largest absolute Gasteiger partial charge is 0.335 e. The molecule has 7 nitrogen and oxygen atoms in total. The quantitative estimate of drug-likeness (QED) is 0.541. The van der Waals surface area contributed by atoms with Gasteiger partial charge < -0.3 is 10.6 Å². The van der Waals surface area contributed by atoms with Gasteiger partial charge in [-0.1, -0.05) is 12.1 Å². The number of amides is 2. The van der Waals surface area contributed by atoms with Gasteiger partial charge in [0.15, 0.2) is 5.82 Å². The zero-order chi connectivity index (χ0) is 21.9. The third-order valence-electron chi connectivity index (χ3n) is 6.11. The van der Waals surface area contributed by atoms with Crippen molar-refractivity contribution in [3.63, 3.8) is 0 Å². The summed E-state index contributed by atoms with van der Waals surface area (Å²) in [6.07, 6.45) is 4.14. The molecule has 2 fully saturated rings. The first-order valence-electron chi connectivity index (χ1n) is 11.2. The number of aromatic nitrogens is 3. The number of nitrogens with zero attached hydrogens (tertiary/aromatic N) is 3. The number of H-pyrrole nitrogens is 1. The molecule has 1 aliphatic heterocycles. The minimum absolute atomic E-state index is 0.146. The molecule has 166 valence electrons. The zero-order valence-corrected chi connectivity index (χ0v) is 17.9. The number of halogens is 1. The van der Waals surface area contributed by atoms with Crippen LogP contribution in [0, 0.1) is 5.82 Å². The highest BCUT2D eigenvalue weighted by atomic mass is 19.1. The Hall–Kier alpha value is -3.26. The van der Waals surface area contributed by atoms with E-state index >= 15 is 0 Å². The van der Waals surface area contributed by atoms with Crippen molar-refractivity contribution in [2.75, 3.05) is 18.4 Å². The highest BCUT2D eigenvalue weighted by Gasteiger charge is 2.27. The molecule has 0 radical (unpaired) electrons. The minimum Gasteiger partial charge on any atom is -0.335 e. The average molecular weight is 435 g/mol. The van der Waals surface area contributed by atoms with Crippen molar-refractivity contribution < 1.29 is 9.18 Å². The first kappa shape index (κ1) is 20.6. The molecule has 1 saturated heterocycles. The van der Waals surface area contributed by atoms with E-state index in [9.17, 15) is 9.18 Å². The zero-order valence-electron chi connectivity index (χ0n) is 17.9. The number of hydrogen-bond donors (Lipinski definition) is 3. The van der Waals surface area contributed by atoms with Gasteiger partial charge in [0.05, 0.1) is 0 Å². The predicted molar refractivity (Wildman–Crippen MR) is 121 cm³/mol. The highest BCUT2D eigenvalue weighted by molar-refractivity contribution is 5.89. The molecule has 0 atom stereocenters. The molecule has 8 heteroatoms. The Balaban J connectivity index is 1.07. The SMILES string of the molecule is O=C(Nc1ccc(-c2n[nH]c(C3CC3)n2)cc1)NC1CCN(Cc2ccc(F)cc2)CC1. The van der Waals surface area contributed by atoms with Crippen LogP contribution < -0.4 is 10.6 Å². The summed E-state index contributed by atoms with van der Waals surface area (Å²) in [7, 11) is 0. The van der Waals surface area contributed by atoms with Gasteiger partial charge in [-0.15, -0.1) is 0 Å². The van der Waals surface area contributed by atoms with Crippen LogP contribution in [-0.2, 0) is 6.54 Å². The van der Waals surface area contributed by atoms with Gasteiger partial charge in [0.2, 0.25) is 0 Å². The number of anilines is 1. The van der Waals surface area contributed by atoms with Crippen molar-refractivity contribution in [3.8, 4) is 11.4 Å². The van der Waals surface area contributed by atoms with Gasteiger partial charge in [0.25, 0.3) is 0 Å². The number of piperidine rings is 1. The number of carbonyl (C=O) groups excluding carboxylic acids is 1. The van der Waals surface area contributed by atoms with Gasteiger partial charge >= 0.3 is 6.03 Å². The molecule has 2 amide bonds. The summed E-state index contributed by atoms with van der Waals surface area (Å²) < 4.78 is 13.1. The van der Waals surface area contributed by atoms with E-state index in [-0.39, 0.29) is 17.9 Å². The Morgan fingerprint density at radius 3 is 2.44 bits per heavy atom. The molecule has 0 spiro atoms. The van der Waals surface area contributed by atoms with E-state index in [1.54, 1.807) is 0 Å². The fraction of sp³-hybridized carbons (Fsp3) is 0.375. The van der Waals surface area contributed by atoms with E-state index in [1.165, 1.54) is 25.0 Å². The molecule has 3 aromatic rings. The molecule has 1 saturated carbocycles. The van der Waals surface area contributed by atoms with Gasteiger partial charge in [-0.3, -0.25) is 10.00 Å². The Bertz CT molecular complexity index is 1050. The van der Waals surface area contributed by atoms with Crippen LogP contribution >= 0.6 is 0 Å². The monoisotopic (exact) mass is 434 g/mol. The lowest BCUT2D eigenvalue weighted by molar-refractivity contribution is 0.190. The van der Waals surface area contributed by atoms with E-state index < -0.39 is 0 Å². The maximum atomic E-state index is 13.1. The number of likely N-dealkylation sites (tertiary alicyclic amines) is 1. The molecule has 2 aliphatic rings. The van der Waals surface area contributed by atoms with E-state index in [2.05, 4.69) is 30.7 Å². The minimum atomic E-state index is -0.210. The van der Waals surface area contributed by atoms with Gasteiger partial charge in [-0.2, -0.15) is 5.10 Å². The summed E-state index contributed by atoms with van der Waals surface area (Å²) in [5.74, 6) is 1.98. The molecule has 32 heavy (non-hydrogen) atoms. The van der Waals surface area contributed by atoms with Gasteiger partial charge in [0.1, 0.15) is 11.6 Å². The average Bonchev–Trinajstić information content (AvgIpc) is 3.54. The first-order valence-corrected chi connectivity index (χ1v) is 11.2. The Labute approximate surface area is 186 Å². The lowest BCUT2D eigenvalue weighted by atomic mass is 10.0. The van der Waals surface area contributed by atoms with Crippen molar-refractivity contribution in [2.45, 2.75) is 44.2 Å². The van der Waals surface area contributed by atoms with Crippen molar-refractivity contribution >= 4 is 11.7 Å². The van der Waals surface area contributed by atoms with Crippen LogP contribution in [0.5, 0.6) is 0 Å². The smallest absolute Gasteiger partial charge is 0.319 e. The summed E-state index contributed by atoms with van der Waals surface area (Å²) in [6, 6.07) is 14.2. The number of nitrogens with one attached hydrogen (secondary N) is 3. The number of aromatic amines is 1. The number of carbonyl (C=O) groups is 1. The summed E-state index contributed by atoms with van der Waals surface area (Å²) in [6.45, 7) is 2.60. The highest BCUT2D eigenvalue weighted by Crippen LogP contribution is 2.38. The third kappa shape index (κ3) is 5.13. The molecule has 1 aromatic heterocycles. The van der Waals surface area contributed by atoms with E-state index in [4.69, 9.17) is 0 Å². The normalized spacial score (nSPS) is 17.3. The maximum Gasteiger partial charge on any atom is 0.319 e. The summed E-state index contributed by atoms with van der Waals surface area (Å²) in [4.78, 5) is 19.3. The van der Waals surface area contributed by atoms with Crippen LogP contribution in [0.3, 0.4) is 0 Å². The van der Waals surface area contributed by atoms with E-state index in [1.807, 2.05) is 36.4 Å². The van der Waals surface area contributed by atoms with E-state index in [0.717, 1.165) is 55.1 Å². The van der Waals surface area contributed by atoms with Crippen LogP contribution in [0.15, 0.2) is 48.5 Å². The molecule has 1 aliphatic carbocycles. The summed E-state index contributed by atoms with van der Waals surface area (Å²) in [5.41, 5.74) is 2.76. The molecule has 3 N–H and O–H groups in total. The van der Waals surface area contributed by atoms with Crippen LogP contribution in [0.1, 0.15) is 43.0 Å².